The zero-order valence-electron chi connectivity index (χ0n) is 21.2. The molecule has 36 heavy (non-hydrogen) atoms. The maximum absolute atomic E-state index is 4.12. The van der Waals surface area contributed by atoms with Crippen LogP contribution in [0.3, 0.4) is 0 Å². The van der Waals surface area contributed by atoms with Crippen molar-refractivity contribution in [2.45, 2.75) is 62.6 Å². The Hall–Kier alpha value is -3.02. The zero-order valence-corrected chi connectivity index (χ0v) is 22.2. The molecule has 3 heterocycles. The Kier molecular flexibility index (Phi) is 6.84. The lowest BCUT2D eigenvalue weighted by molar-refractivity contribution is 0.447. The molecular weight excluding hydrogens is 447 g/mol. The second-order valence-corrected chi connectivity index (χ2v) is 14.6. The van der Waals surface area contributed by atoms with Crippen LogP contribution in [0.15, 0.2) is 102 Å². The molecule has 3 aromatic carbocycles. The summed E-state index contributed by atoms with van der Waals surface area (Å²) in [6.07, 6.45) is 14.7. The number of hydrogen-bond acceptors (Lipinski definition) is 0. The largest absolute Gasteiger partial charge is 0.187 e. The Bertz CT molecular complexity index is 1280. The molecule has 0 saturated carbocycles. The van der Waals surface area contributed by atoms with Gasteiger partial charge >= 0.3 is 0 Å². The van der Waals surface area contributed by atoms with Crippen LogP contribution < -0.4 is 0 Å². The first kappa shape index (κ1) is 23.4. The van der Waals surface area contributed by atoms with Gasteiger partial charge in [-0.1, -0.05) is 152 Å². The Labute approximate surface area is 218 Å². The summed E-state index contributed by atoms with van der Waals surface area (Å²) in [5, 5.41) is 3.30. The first-order valence-electron chi connectivity index (χ1n) is 13.9. The summed E-state index contributed by atoms with van der Waals surface area (Å²) >= 11 is 0. The first-order valence-corrected chi connectivity index (χ1v) is 16.2. The van der Waals surface area contributed by atoms with Gasteiger partial charge in [0, 0.05) is 5.56 Å². The standard InChI is InChI=1S/C34H35BSi/c1-4-13-28(14-5-1)24-26-36(25-12-23-33(36)30-17-8-3-9-18-30)34(27-29-15-6-2-7-16-29)35-31-19-10-20-32(35)22-11-21-31/h1-9,13-18,23,27,31-32H,10-12,19-22,25H2/b34-27-. The van der Waals surface area contributed by atoms with Crippen molar-refractivity contribution in [3.05, 3.63) is 119 Å². The third kappa shape index (κ3) is 4.58. The number of allylic oxidation sites excluding steroid dienone is 1. The summed E-state index contributed by atoms with van der Waals surface area (Å²) in [4.78, 5) is 0. The van der Waals surface area contributed by atoms with Crippen molar-refractivity contribution in [1.29, 1.82) is 0 Å². The minimum atomic E-state index is -2.29. The Balaban J connectivity index is 1.57. The Morgan fingerprint density at radius 1 is 0.750 bits per heavy atom. The summed E-state index contributed by atoms with van der Waals surface area (Å²) in [5.41, 5.74) is 8.01. The molecule has 3 aliphatic heterocycles. The van der Waals surface area contributed by atoms with Crippen LogP contribution in [-0.2, 0) is 0 Å². The van der Waals surface area contributed by atoms with Crippen molar-refractivity contribution < 1.29 is 0 Å². The molecule has 2 heteroatoms. The smallest absolute Gasteiger partial charge is 0.116 e. The molecule has 2 bridgehead atoms. The van der Waals surface area contributed by atoms with Crippen molar-refractivity contribution in [2.75, 3.05) is 0 Å². The second-order valence-electron chi connectivity index (χ2n) is 11.0. The van der Waals surface area contributed by atoms with E-state index in [-0.39, 0.29) is 0 Å². The van der Waals surface area contributed by atoms with E-state index in [0.29, 0.717) is 6.71 Å². The normalized spacial score (nSPS) is 25.6. The second kappa shape index (κ2) is 10.5. The van der Waals surface area contributed by atoms with E-state index < -0.39 is 8.07 Å². The lowest BCUT2D eigenvalue weighted by Crippen LogP contribution is -2.48. The molecule has 0 aromatic heterocycles. The Morgan fingerprint density at radius 2 is 1.33 bits per heavy atom. The lowest BCUT2D eigenvalue weighted by atomic mass is 9.27. The predicted octanol–water partition coefficient (Wildman–Crippen LogP) is 8.82. The van der Waals surface area contributed by atoms with Crippen molar-refractivity contribution in [3.8, 4) is 11.5 Å². The van der Waals surface area contributed by atoms with Crippen molar-refractivity contribution in [3.63, 3.8) is 0 Å². The topological polar surface area (TPSA) is 0 Å². The van der Waals surface area contributed by atoms with E-state index >= 15 is 0 Å². The van der Waals surface area contributed by atoms with Gasteiger partial charge in [-0.3, -0.25) is 0 Å². The van der Waals surface area contributed by atoms with Crippen LogP contribution in [0.1, 0.15) is 61.6 Å². The van der Waals surface area contributed by atoms with E-state index in [1.165, 1.54) is 55.7 Å². The third-order valence-corrected chi connectivity index (χ3v) is 13.4. The molecular formula is C34H35BSi. The minimum Gasteiger partial charge on any atom is -0.116 e. The summed E-state index contributed by atoms with van der Waals surface area (Å²) in [6.45, 7) is 0.689. The maximum atomic E-state index is 4.12. The van der Waals surface area contributed by atoms with E-state index in [0.717, 1.165) is 23.6 Å². The maximum Gasteiger partial charge on any atom is 0.187 e. The number of fused-ring (bicyclic) bond motifs is 2. The van der Waals surface area contributed by atoms with Crippen molar-refractivity contribution in [2.24, 2.45) is 0 Å². The molecule has 1 unspecified atom stereocenters. The molecule has 178 valence electrons. The van der Waals surface area contributed by atoms with Crippen molar-refractivity contribution in [1.82, 2.24) is 0 Å². The fourth-order valence-corrected chi connectivity index (χ4v) is 12.2. The summed E-state index contributed by atoms with van der Waals surface area (Å²) < 4.78 is 0. The average Bonchev–Trinajstić information content (AvgIpc) is 3.37. The van der Waals surface area contributed by atoms with Gasteiger partial charge in [0.25, 0.3) is 0 Å². The van der Waals surface area contributed by atoms with E-state index in [2.05, 4.69) is 115 Å². The highest BCUT2D eigenvalue weighted by Crippen LogP contribution is 2.53. The number of benzene rings is 3. The molecule has 2 fully saturated rings. The van der Waals surface area contributed by atoms with Gasteiger partial charge in [0.15, 0.2) is 14.8 Å². The molecule has 3 aliphatic rings. The zero-order chi connectivity index (χ0) is 24.2. The van der Waals surface area contributed by atoms with Crippen LogP contribution in [0.4, 0.5) is 0 Å². The van der Waals surface area contributed by atoms with Gasteiger partial charge in [-0.15, -0.1) is 5.54 Å². The van der Waals surface area contributed by atoms with Gasteiger partial charge in [-0.25, -0.2) is 0 Å². The number of rotatable bonds is 4. The van der Waals surface area contributed by atoms with E-state index in [1.807, 2.05) is 0 Å². The highest BCUT2D eigenvalue weighted by Gasteiger charge is 2.51. The number of hydrogen-bond donors (Lipinski definition) is 0. The van der Waals surface area contributed by atoms with Gasteiger partial charge in [0.1, 0.15) is 0 Å². The van der Waals surface area contributed by atoms with Crippen LogP contribution in [0.25, 0.3) is 11.3 Å². The van der Waals surface area contributed by atoms with Crippen LogP contribution in [-0.4, -0.2) is 14.8 Å². The van der Waals surface area contributed by atoms with E-state index in [1.54, 1.807) is 10.3 Å². The summed E-state index contributed by atoms with van der Waals surface area (Å²) in [6, 6.07) is 34.2. The molecule has 2 saturated heterocycles. The molecule has 0 N–H and O–H groups in total. The molecule has 0 radical (unpaired) electrons. The monoisotopic (exact) mass is 482 g/mol. The fourth-order valence-electron chi connectivity index (χ4n) is 7.34. The molecule has 0 spiro atoms. The van der Waals surface area contributed by atoms with Gasteiger partial charge in [0.2, 0.25) is 0 Å². The van der Waals surface area contributed by atoms with Gasteiger partial charge in [-0.05, 0) is 40.9 Å². The highest BCUT2D eigenvalue weighted by molar-refractivity contribution is 7.16. The van der Waals surface area contributed by atoms with Crippen LogP contribution in [0.5, 0.6) is 0 Å². The van der Waals surface area contributed by atoms with Crippen LogP contribution in [0.2, 0.25) is 17.7 Å². The van der Waals surface area contributed by atoms with Gasteiger partial charge in [0.05, 0.1) is 0 Å². The molecule has 3 aromatic rings. The molecule has 0 aliphatic carbocycles. The van der Waals surface area contributed by atoms with E-state index in [4.69, 9.17) is 0 Å². The highest BCUT2D eigenvalue weighted by atomic mass is 28.3. The quantitative estimate of drug-likeness (QED) is 0.257. The first-order chi connectivity index (χ1) is 17.8. The SMILES string of the molecule is C(#C[Si]1(/C(=C\c2ccccc2)B2C3CCCC2CCC3)CCC=C1c1ccccc1)c1ccccc1. The van der Waals surface area contributed by atoms with E-state index in [9.17, 15) is 0 Å². The van der Waals surface area contributed by atoms with Gasteiger partial charge in [-0.2, -0.15) is 0 Å². The lowest BCUT2D eigenvalue weighted by Gasteiger charge is -2.45. The molecule has 0 amide bonds. The van der Waals surface area contributed by atoms with Gasteiger partial charge < -0.3 is 0 Å². The summed E-state index contributed by atoms with van der Waals surface area (Å²) in [7, 11) is -2.29. The van der Waals surface area contributed by atoms with Crippen LogP contribution >= 0.6 is 0 Å². The minimum absolute atomic E-state index is 0.689. The molecule has 0 nitrogen and oxygen atoms in total. The molecule has 6 rings (SSSR count). The van der Waals surface area contributed by atoms with Crippen molar-refractivity contribution >= 4 is 26.1 Å². The fraction of sp³-hybridized carbons (Fsp3) is 0.294. The Morgan fingerprint density at radius 3 is 1.97 bits per heavy atom. The van der Waals surface area contributed by atoms with Crippen LogP contribution in [0, 0.1) is 11.5 Å². The average molecular weight is 483 g/mol. The molecule has 1 atom stereocenters. The predicted molar refractivity (Wildman–Crippen MR) is 158 cm³/mol. The summed E-state index contributed by atoms with van der Waals surface area (Å²) in [5.74, 6) is 5.38. The third-order valence-electron chi connectivity index (χ3n) is 8.90.